The molecule has 0 saturated carbocycles. The molecule has 74 heavy (non-hydrogen) atoms. The molecular formula is C68H133NO5. The fourth-order valence-electron chi connectivity index (χ4n) is 10.9. The second-order valence-electron chi connectivity index (χ2n) is 23.5. The molecule has 2 atom stereocenters. The number of rotatable bonds is 64. The highest BCUT2D eigenvalue weighted by molar-refractivity contribution is 5.76. The molecule has 0 aliphatic carbocycles. The van der Waals surface area contributed by atoms with E-state index in [0.717, 1.165) is 38.5 Å². The highest BCUT2D eigenvalue weighted by Gasteiger charge is 2.20. The molecule has 0 aromatic carbocycles. The van der Waals surface area contributed by atoms with E-state index in [0.29, 0.717) is 25.9 Å². The molecule has 3 N–H and O–H groups in total. The maximum atomic E-state index is 12.4. The Morgan fingerprint density at radius 3 is 0.959 bits per heavy atom. The van der Waals surface area contributed by atoms with Gasteiger partial charge in [-0.05, 0) is 51.4 Å². The summed E-state index contributed by atoms with van der Waals surface area (Å²) in [6.45, 7) is 4.97. The van der Waals surface area contributed by atoms with Gasteiger partial charge in [-0.1, -0.05) is 334 Å². The van der Waals surface area contributed by atoms with Crippen LogP contribution in [0.3, 0.4) is 0 Å². The number of hydrogen-bond acceptors (Lipinski definition) is 5. The molecule has 0 fully saturated rings. The summed E-state index contributed by atoms with van der Waals surface area (Å²) in [5, 5.41) is 23.2. The molecule has 0 radical (unpaired) electrons. The Hall–Kier alpha value is -1.40. The molecule has 1 amide bonds. The van der Waals surface area contributed by atoms with Gasteiger partial charge in [-0.15, -0.1) is 0 Å². The van der Waals surface area contributed by atoms with Crippen molar-refractivity contribution in [3.63, 3.8) is 0 Å². The monoisotopic (exact) mass is 1040 g/mol. The number of aliphatic hydroxyl groups is 2. The summed E-state index contributed by atoms with van der Waals surface area (Å²) in [7, 11) is 0. The average molecular weight is 1040 g/mol. The van der Waals surface area contributed by atoms with E-state index in [9.17, 15) is 19.8 Å². The Balaban J connectivity index is 3.31. The molecular weight excluding hydrogens is 911 g/mol. The third-order valence-electron chi connectivity index (χ3n) is 16.1. The number of nitrogens with one attached hydrogen (secondary N) is 1. The minimum atomic E-state index is -0.660. The Kier molecular flexibility index (Phi) is 62.9. The molecule has 0 saturated heterocycles. The van der Waals surface area contributed by atoms with Crippen molar-refractivity contribution in [2.24, 2.45) is 0 Å². The van der Waals surface area contributed by atoms with Gasteiger partial charge < -0.3 is 20.3 Å². The van der Waals surface area contributed by atoms with Gasteiger partial charge in [0, 0.05) is 12.8 Å². The first-order chi connectivity index (χ1) is 36.5. The Morgan fingerprint density at radius 1 is 0.365 bits per heavy atom. The van der Waals surface area contributed by atoms with E-state index in [1.165, 1.54) is 315 Å². The van der Waals surface area contributed by atoms with Gasteiger partial charge >= 0.3 is 5.97 Å². The van der Waals surface area contributed by atoms with Crippen molar-refractivity contribution in [1.29, 1.82) is 0 Å². The third-order valence-corrected chi connectivity index (χ3v) is 16.1. The molecule has 0 heterocycles. The zero-order chi connectivity index (χ0) is 53.6. The minimum Gasteiger partial charge on any atom is -0.466 e. The number of unbranched alkanes of at least 4 members (excludes halogenated alkanes) is 51. The summed E-state index contributed by atoms with van der Waals surface area (Å²) in [5.41, 5.74) is 0. The van der Waals surface area contributed by atoms with Crippen LogP contribution in [0.5, 0.6) is 0 Å². The smallest absolute Gasteiger partial charge is 0.305 e. The normalized spacial score (nSPS) is 12.5. The van der Waals surface area contributed by atoms with E-state index in [4.69, 9.17) is 4.74 Å². The third kappa shape index (κ3) is 59.8. The summed E-state index contributed by atoms with van der Waals surface area (Å²) < 4.78 is 5.50. The van der Waals surface area contributed by atoms with Gasteiger partial charge in [0.2, 0.25) is 5.91 Å². The number of carbonyl (C=O) groups is 2. The predicted molar refractivity (Wildman–Crippen MR) is 324 cm³/mol. The van der Waals surface area contributed by atoms with Gasteiger partial charge in [0.25, 0.3) is 0 Å². The maximum Gasteiger partial charge on any atom is 0.305 e. The Bertz CT molecular complexity index is 1110. The molecule has 0 aliphatic rings. The van der Waals surface area contributed by atoms with E-state index in [2.05, 4.69) is 31.3 Å². The molecule has 0 aliphatic heterocycles. The molecule has 6 nitrogen and oxygen atoms in total. The van der Waals surface area contributed by atoms with Gasteiger partial charge in [-0.2, -0.15) is 0 Å². The molecule has 2 unspecified atom stereocenters. The largest absolute Gasteiger partial charge is 0.466 e. The van der Waals surface area contributed by atoms with Crippen LogP contribution in [0.1, 0.15) is 386 Å². The van der Waals surface area contributed by atoms with Crippen molar-refractivity contribution in [3.05, 3.63) is 12.2 Å². The number of amides is 1. The summed E-state index contributed by atoms with van der Waals surface area (Å²) in [6, 6.07) is -0.537. The number of hydrogen-bond donors (Lipinski definition) is 3. The second-order valence-corrected chi connectivity index (χ2v) is 23.5. The molecule has 6 heteroatoms. The van der Waals surface area contributed by atoms with E-state index in [-0.39, 0.29) is 18.5 Å². The average Bonchev–Trinajstić information content (AvgIpc) is 3.40. The molecule has 440 valence electrons. The van der Waals surface area contributed by atoms with Crippen molar-refractivity contribution < 1.29 is 24.5 Å². The molecule has 0 aromatic rings. The lowest BCUT2D eigenvalue weighted by atomic mass is 10.0. The van der Waals surface area contributed by atoms with E-state index < -0.39 is 12.1 Å². The zero-order valence-electron chi connectivity index (χ0n) is 50.4. The van der Waals surface area contributed by atoms with Crippen molar-refractivity contribution in [2.45, 2.75) is 398 Å². The van der Waals surface area contributed by atoms with E-state index >= 15 is 0 Å². The van der Waals surface area contributed by atoms with Gasteiger partial charge in [-0.3, -0.25) is 9.59 Å². The number of carbonyl (C=O) groups excluding carboxylic acids is 2. The van der Waals surface area contributed by atoms with E-state index in [1.807, 2.05) is 0 Å². The van der Waals surface area contributed by atoms with Crippen LogP contribution in [0.2, 0.25) is 0 Å². The highest BCUT2D eigenvalue weighted by Crippen LogP contribution is 2.19. The highest BCUT2D eigenvalue weighted by atomic mass is 16.5. The van der Waals surface area contributed by atoms with Crippen LogP contribution in [0.4, 0.5) is 0 Å². The van der Waals surface area contributed by atoms with Crippen LogP contribution in [0, 0.1) is 0 Å². The van der Waals surface area contributed by atoms with Crippen molar-refractivity contribution in [3.8, 4) is 0 Å². The lowest BCUT2D eigenvalue weighted by Gasteiger charge is -2.22. The van der Waals surface area contributed by atoms with Crippen LogP contribution in [-0.2, 0) is 14.3 Å². The standard InChI is InChI=1S/C68H133NO5/c1-3-5-7-9-11-13-15-16-35-39-42-46-50-54-58-62-68(73)74-63-59-55-51-47-43-40-37-34-32-30-28-26-24-22-20-18-17-19-21-23-25-27-29-31-33-36-38-41-45-49-53-57-61-67(72)69-65(64-70)66(71)60-56-52-48-44-14-12-10-8-6-4-2/h20,22,65-66,70-71H,3-19,21,23-64H2,1-2H3,(H,69,72)/b22-20-. The summed E-state index contributed by atoms with van der Waals surface area (Å²) in [4.78, 5) is 24.5. The van der Waals surface area contributed by atoms with Gasteiger partial charge in [-0.25, -0.2) is 0 Å². The Morgan fingerprint density at radius 2 is 0.635 bits per heavy atom. The van der Waals surface area contributed by atoms with Gasteiger partial charge in [0.1, 0.15) is 0 Å². The van der Waals surface area contributed by atoms with Crippen LogP contribution in [0.15, 0.2) is 12.2 Å². The summed E-state index contributed by atoms with van der Waals surface area (Å²) in [5.74, 6) is -0.0102. The lowest BCUT2D eigenvalue weighted by Crippen LogP contribution is -2.45. The maximum absolute atomic E-state index is 12.4. The molecule has 0 spiro atoms. The number of esters is 1. The molecule has 0 bridgehead atoms. The van der Waals surface area contributed by atoms with Crippen LogP contribution in [-0.4, -0.2) is 47.4 Å². The fraction of sp³-hybridized carbons (Fsp3) is 0.941. The number of aliphatic hydroxyl groups excluding tert-OH is 2. The SMILES string of the molecule is CCCCCCCCCCCCCCCCCC(=O)OCCCCCCCCCCCCCC/C=C\CCCCCCCCCCCCCCCCCCC(=O)NC(CO)C(O)CCCCCCCCCCCC. The van der Waals surface area contributed by atoms with Gasteiger partial charge in [0.15, 0.2) is 0 Å². The first-order valence-corrected chi connectivity index (χ1v) is 33.9. The van der Waals surface area contributed by atoms with Crippen molar-refractivity contribution >= 4 is 11.9 Å². The fourth-order valence-corrected chi connectivity index (χ4v) is 10.9. The zero-order valence-corrected chi connectivity index (χ0v) is 50.4. The van der Waals surface area contributed by atoms with Gasteiger partial charge in [0.05, 0.1) is 25.4 Å². The van der Waals surface area contributed by atoms with Crippen molar-refractivity contribution in [1.82, 2.24) is 5.32 Å². The van der Waals surface area contributed by atoms with Crippen molar-refractivity contribution in [2.75, 3.05) is 13.2 Å². The van der Waals surface area contributed by atoms with Crippen LogP contribution in [0.25, 0.3) is 0 Å². The minimum absolute atomic E-state index is 0.0218. The van der Waals surface area contributed by atoms with Crippen LogP contribution >= 0.6 is 0 Å². The Labute approximate surface area is 463 Å². The quantitative estimate of drug-likeness (QED) is 0.0320. The first kappa shape index (κ1) is 72.6. The second kappa shape index (κ2) is 64.1. The molecule has 0 aromatic heterocycles. The number of allylic oxidation sites excluding steroid dienone is 2. The first-order valence-electron chi connectivity index (χ1n) is 33.9. The molecule has 0 rings (SSSR count). The summed E-state index contributed by atoms with van der Waals surface area (Å²) in [6.07, 6.45) is 78.4. The lowest BCUT2D eigenvalue weighted by molar-refractivity contribution is -0.143. The number of ether oxygens (including phenoxy) is 1. The summed E-state index contributed by atoms with van der Waals surface area (Å²) >= 11 is 0. The van der Waals surface area contributed by atoms with Crippen LogP contribution < -0.4 is 5.32 Å². The predicted octanol–water partition coefficient (Wildman–Crippen LogP) is 21.6. The van der Waals surface area contributed by atoms with E-state index in [1.54, 1.807) is 0 Å². The topological polar surface area (TPSA) is 95.9 Å².